The Hall–Kier alpha value is -0.860. The van der Waals surface area contributed by atoms with Crippen LogP contribution in [0.2, 0.25) is 5.02 Å². The van der Waals surface area contributed by atoms with Crippen LogP contribution in [-0.2, 0) is 11.3 Å². The first-order valence-corrected chi connectivity index (χ1v) is 5.89. The van der Waals surface area contributed by atoms with Gasteiger partial charge in [-0.1, -0.05) is 29.8 Å². The fraction of sp³-hybridized carbons (Fsp3) is 0.462. The third kappa shape index (κ3) is 4.77. The summed E-state index contributed by atoms with van der Waals surface area (Å²) in [5.41, 5.74) is 1.13. The van der Waals surface area contributed by atoms with E-state index in [1.165, 1.54) is 0 Å². The number of nitrogens with zero attached hydrogens (tertiary/aromatic N) is 1. The normalized spacial score (nSPS) is 10.8. The lowest BCUT2D eigenvalue weighted by Crippen LogP contribution is -2.19. The van der Waals surface area contributed by atoms with Crippen LogP contribution in [0.3, 0.4) is 0 Å². The van der Waals surface area contributed by atoms with Gasteiger partial charge in [0.2, 0.25) is 0 Å². The highest BCUT2D eigenvalue weighted by Gasteiger charge is 2.04. The molecule has 0 aliphatic heterocycles. The van der Waals surface area contributed by atoms with Gasteiger partial charge in [0, 0.05) is 18.0 Å². The number of Topliss-reactive ketones (excluding diaryl/α,β-unsaturated/α-hetero) is 1. The fourth-order valence-corrected chi connectivity index (χ4v) is 1.79. The molecule has 0 N–H and O–H groups in total. The number of carbonyl (C=O) groups is 1. The summed E-state index contributed by atoms with van der Waals surface area (Å²) >= 11 is 6.07. The number of hydrogen-bond acceptors (Lipinski definition) is 2. The van der Waals surface area contributed by atoms with Gasteiger partial charge in [-0.15, -0.1) is 0 Å². The number of benzene rings is 1. The van der Waals surface area contributed by atoms with E-state index in [0.29, 0.717) is 6.42 Å². The van der Waals surface area contributed by atoms with E-state index in [0.717, 1.165) is 30.1 Å². The first kappa shape index (κ1) is 13.2. The summed E-state index contributed by atoms with van der Waals surface area (Å²) in [6.45, 7) is 3.39. The zero-order chi connectivity index (χ0) is 12.0. The summed E-state index contributed by atoms with van der Waals surface area (Å²) in [6.07, 6.45) is 1.57. The number of ketones is 1. The lowest BCUT2D eigenvalue weighted by Gasteiger charge is -2.16. The van der Waals surface area contributed by atoms with Gasteiger partial charge in [0.25, 0.3) is 0 Å². The predicted molar refractivity (Wildman–Crippen MR) is 67.7 cm³/mol. The van der Waals surface area contributed by atoms with Crippen molar-refractivity contribution in [1.29, 1.82) is 0 Å². The molecule has 3 heteroatoms. The standard InChI is InChI=1S/C13H18ClNO/c1-11(16)6-5-9-15(2)10-12-7-3-4-8-13(12)14/h3-4,7-8H,5-6,9-10H2,1-2H3. The molecule has 0 aromatic heterocycles. The van der Waals surface area contributed by atoms with Gasteiger partial charge in [-0.2, -0.15) is 0 Å². The van der Waals surface area contributed by atoms with Crippen LogP contribution < -0.4 is 0 Å². The van der Waals surface area contributed by atoms with E-state index in [-0.39, 0.29) is 5.78 Å². The molecule has 1 rings (SSSR count). The lowest BCUT2D eigenvalue weighted by molar-refractivity contribution is -0.117. The third-order valence-electron chi connectivity index (χ3n) is 2.47. The second-order valence-electron chi connectivity index (χ2n) is 4.13. The van der Waals surface area contributed by atoms with E-state index >= 15 is 0 Å². The molecular weight excluding hydrogens is 222 g/mol. The van der Waals surface area contributed by atoms with Crippen molar-refractivity contribution in [3.8, 4) is 0 Å². The number of halogens is 1. The average Bonchev–Trinajstić information content (AvgIpc) is 2.21. The molecular formula is C13H18ClNO. The minimum atomic E-state index is 0.256. The zero-order valence-corrected chi connectivity index (χ0v) is 10.6. The molecule has 0 saturated heterocycles. The van der Waals surface area contributed by atoms with Crippen molar-refractivity contribution in [3.05, 3.63) is 34.9 Å². The maximum atomic E-state index is 10.8. The molecule has 0 atom stereocenters. The summed E-state index contributed by atoms with van der Waals surface area (Å²) in [6, 6.07) is 7.86. The Labute approximate surface area is 102 Å². The quantitative estimate of drug-likeness (QED) is 0.760. The van der Waals surface area contributed by atoms with Gasteiger partial charge in [-0.05, 0) is 38.6 Å². The topological polar surface area (TPSA) is 20.3 Å². The van der Waals surface area contributed by atoms with Crippen LogP contribution in [0.5, 0.6) is 0 Å². The maximum absolute atomic E-state index is 10.8. The molecule has 0 unspecified atom stereocenters. The average molecular weight is 240 g/mol. The summed E-state index contributed by atoms with van der Waals surface area (Å²) in [5.74, 6) is 0.256. The Bertz CT molecular complexity index is 352. The minimum absolute atomic E-state index is 0.256. The first-order chi connectivity index (χ1) is 7.59. The van der Waals surface area contributed by atoms with Crippen molar-refractivity contribution in [1.82, 2.24) is 4.90 Å². The monoisotopic (exact) mass is 239 g/mol. The highest BCUT2D eigenvalue weighted by molar-refractivity contribution is 6.31. The molecule has 0 fully saturated rings. The molecule has 1 aromatic carbocycles. The van der Waals surface area contributed by atoms with E-state index in [9.17, 15) is 4.79 Å². The summed E-state index contributed by atoms with van der Waals surface area (Å²) < 4.78 is 0. The molecule has 0 aliphatic rings. The molecule has 0 saturated carbocycles. The summed E-state index contributed by atoms with van der Waals surface area (Å²) in [5, 5.41) is 0.806. The largest absolute Gasteiger partial charge is 0.302 e. The second-order valence-corrected chi connectivity index (χ2v) is 4.54. The number of carbonyl (C=O) groups excluding carboxylic acids is 1. The third-order valence-corrected chi connectivity index (χ3v) is 2.84. The van der Waals surface area contributed by atoms with Crippen molar-refractivity contribution in [2.45, 2.75) is 26.3 Å². The van der Waals surface area contributed by atoms with Gasteiger partial charge in [-0.3, -0.25) is 0 Å². The van der Waals surface area contributed by atoms with Crippen molar-refractivity contribution in [3.63, 3.8) is 0 Å². The molecule has 0 amide bonds. The van der Waals surface area contributed by atoms with Crippen LogP contribution >= 0.6 is 11.6 Å². The Morgan fingerprint density at radius 2 is 2.06 bits per heavy atom. The van der Waals surface area contributed by atoms with E-state index < -0.39 is 0 Å². The molecule has 1 aromatic rings. The van der Waals surface area contributed by atoms with Gasteiger partial charge >= 0.3 is 0 Å². The molecule has 0 aliphatic carbocycles. The smallest absolute Gasteiger partial charge is 0.129 e. The molecule has 0 radical (unpaired) electrons. The van der Waals surface area contributed by atoms with Crippen LogP contribution in [0.25, 0.3) is 0 Å². The van der Waals surface area contributed by atoms with Gasteiger partial charge in [0.1, 0.15) is 5.78 Å². The fourth-order valence-electron chi connectivity index (χ4n) is 1.59. The van der Waals surface area contributed by atoms with Crippen LogP contribution in [-0.4, -0.2) is 24.3 Å². The second kappa shape index (κ2) is 6.66. The van der Waals surface area contributed by atoms with E-state index in [1.54, 1.807) is 6.92 Å². The summed E-state index contributed by atoms with van der Waals surface area (Å²) in [7, 11) is 2.05. The van der Waals surface area contributed by atoms with Gasteiger partial charge < -0.3 is 9.69 Å². The molecule has 88 valence electrons. The van der Waals surface area contributed by atoms with Gasteiger partial charge in [-0.25, -0.2) is 0 Å². The van der Waals surface area contributed by atoms with Crippen molar-refractivity contribution in [2.75, 3.05) is 13.6 Å². The van der Waals surface area contributed by atoms with Crippen LogP contribution in [0.1, 0.15) is 25.3 Å². The Balaban J connectivity index is 2.37. The highest BCUT2D eigenvalue weighted by Crippen LogP contribution is 2.16. The van der Waals surface area contributed by atoms with E-state index in [1.807, 2.05) is 31.3 Å². The SMILES string of the molecule is CC(=O)CCCN(C)Cc1ccccc1Cl. The Kier molecular flexibility index (Phi) is 5.50. The van der Waals surface area contributed by atoms with Crippen LogP contribution in [0.4, 0.5) is 0 Å². The van der Waals surface area contributed by atoms with Crippen molar-refractivity contribution in [2.24, 2.45) is 0 Å². The lowest BCUT2D eigenvalue weighted by atomic mass is 10.2. The molecule has 2 nitrogen and oxygen atoms in total. The predicted octanol–water partition coefficient (Wildman–Crippen LogP) is 3.14. The van der Waals surface area contributed by atoms with Crippen LogP contribution in [0.15, 0.2) is 24.3 Å². The number of rotatable bonds is 6. The molecule has 0 spiro atoms. The van der Waals surface area contributed by atoms with E-state index in [2.05, 4.69) is 4.90 Å². The number of hydrogen-bond donors (Lipinski definition) is 0. The zero-order valence-electron chi connectivity index (χ0n) is 9.87. The van der Waals surface area contributed by atoms with Gasteiger partial charge in [0.05, 0.1) is 0 Å². The highest BCUT2D eigenvalue weighted by atomic mass is 35.5. The Morgan fingerprint density at radius 1 is 1.38 bits per heavy atom. The van der Waals surface area contributed by atoms with Crippen molar-refractivity contribution >= 4 is 17.4 Å². The molecule has 0 heterocycles. The Morgan fingerprint density at radius 3 is 2.69 bits per heavy atom. The molecule has 16 heavy (non-hydrogen) atoms. The van der Waals surface area contributed by atoms with Crippen LogP contribution in [0, 0.1) is 0 Å². The van der Waals surface area contributed by atoms with Gasteiger partial charge in [0.15, 0.2) is 0 Å². The maximum Gasteiger partial charge on any atom is 0.129 e. The van der Waals surface area contributed by atoms with Crippen molar-refractivity contribution < 1.29 is 4.79 Å². The van der Waals surface area contributed by atoms with E-state index in [4.69, 9.17) is 11.6 Å². The first-order valence-electron chi connectivity index (χ1n) is 5.51. The summed E-state index contributed by atoms with van der Waals surface area (Å²) in [4.78, 5) is 13.0. The molecule has 0 bridgehead atoms. The minimum Gasteiger partial charge on any atom is -0.302 e.